The number of fused-ring (bicyclic) bond motifs is 1. The summed E-state index contributed by atoms with van der Waals surface area (Å²) in [7, 11) is 0. The quantitative estimate of drug-likeness (QED) is 0.673. The van der Waals surface area contributed by atoms with E-state index in [1.54, 1.807) is 24.3 Å². The molecule has 0 saturated heterocycles. The van der Waals surface area contributed by atoms with Crippen LogP contribution in [0.2, 0.25) is 5.15 Å². The first-order valence-electron chi connectivity index (χ1n) is 5.50. The summed E-state index contributed by atoms with van der Waals surface area (Å²) in [5, 5.41) is 0.899. The number of benzene rings is 1. The first-order valence-corrected chi connectivity index (χ1v) is 5.88. The van der Waals surface area contributed by atoms with Crippen LogP contribution in [0.15, 0.2) is 47.1 Å². The normalized spacial score (nSPS) is 13.3. The van der Waals surface area contributed by atoms with Crippen molar-refractivity contribution in [3.05, 3.63) is 47.3 Å². The zero-order chi connectivity index (χ0) is 14.8. The van der Waals surface area contributed by atoms with Crippen LogP contribution in [0.3, 0.4) is 0 Å². The maximum Gasteiger partial charge on any atom is 0.430 e. The van der Waals surface area contributed by atoms with Gasteiger partial charge in [-0.2, -0.15) is 13.2 Å². The number of hydrogen-bond acceptors (Lipinski definition) is 3. The molecule has 0 unspecified atom stereocenters. The molecule has 0 saturated carbocycles. The number of rotatable bonds is 2. The van der Waals surface area contributed by atoms with E-state index in [9.17, 15) is 13.2 Å². The van der Waals surface area contributed by atoms with Crippen LogP contribution in [0.4, 0.5) is 18.9 Å². The van der Waals surface area contributed by atoms with Gasteiger partial charge in [0.2, 0.25) is 0 Å². The monoisotopic (exact) mass is 299 g/mol. The fraction of sp³-hybridized carbons (Fsp3) is 0.0769. The summed E-state index contributed by atoms with van der Waals surface area (Å²) in [6.07, 6.45) is -2.88. The topological polar surface area (TPSA) is 51.3 Å². The van der Waals surface area contributed by atoms with E-state index in [0.717, 1.165) is 6.21 Å². The lowest BCUT2D eigenvalue weighted by atomic mass is 10.2. The van der Waals surface area contributed by atoms with Gasteiger partial charge in [0.05, 0.1) is 11.2 Å². The molecular formula is C13H9ClF3N3. The van der Waals surface area contributed by atoms with Crippen LogP contribution in [0, 0.1) is 0 Å². The van der Waals surface area contributed by atoms with Crippen LogP contribution < -0.4 is 5.73 Å². The summed E-state index contributed by atoms with van der Waals surface area (Å²) in [5.74, 6) is 0. The van der Waals surface area contributed by atoms with Gasteiger partial charge >= 0.3 is 6.18 Å². The fourth-order valence-corrected chi connectivity index (χ4v) is 1.72. The number of aromatic nitrogens is 1. The van der Waals surface area contributed by atoms with Gasteiger partial charge in [-0.05, 0) is 12.1 Å². The van der Waals surface area contributed by atoms with Crippen molar-refractivity contribution in [1.82, 2.24) is 4.98 Å². The zero-order valence-corrected chi connectivity index (χ0v) is 10.8. The summed E-state index contributed by atoms with van der Waals surface area (Å²) in [6, 6.07) is 8.51. The first-order chi connectivity index (χ1) is 9.38. The predicted molar refractivity (Wildman–Crippen MR) is 73.2 cm³/mol. The van der Waals surface area contributed by atoms with E-state index < -0.39 is 11.9 Å². The summed E-state index contributed by atoms with van der Waals surface area (Å²) in [4.78, 5) is 8.03. The van der Waals surface area contributed by atoms with Crippen molar-refractivity contribution in [2.75, 3.05) is 0 Å². The zero-order valence-electron chi connectivity index (χ0n) is 10.0. The van der Waals surface area contributed by atoms with Gasteiger partial charge in [0, 0.05) is 17.7 Å². The van der Waals surface area contributed by atoms with E-state index in [-0.39, 0.29) is 5.15 Å². The molecule has 2 N–H and O–H groups in total. The number of alkyl halides is 3. The minimum atomic E-state index is -4.57. The molecule has 0 aliphatic carbocycles. The highest BCUT2D eigenvalue weighted by Gasteiger charge is 2.30. The predicted octanol–water partition coefficient (Wildman–Crippen LogP) is 4.00. The maximum atomic E-state index is 12.2. The Labute approximate surface area is 117 Å². The number of halogens is 4. The third-order valence-electron chi connectivity index (χ3n) is 2.46. The highest BCUT2D eigenvalue weighted by Crippen LogP contribution is 2.27. The van der Waals surface area contributed by atoms with Gasteiger partial charge in [-0.15, -0.1) is 0 Å². The van der Waals surface area contributed by atoms with E-state index >= 15 is 0 Å². The fourth-order valence-electron chi connectivity index (χ4n) is 1.52. The lowest BCUT2D eigenvalue weighted by molar-refractivity contribution is -0.0925. The van der Waals surface area contributed by atoms with Gasteiger partial charge in [0.15, 0.2) is 0 Å². The smallest absolute Gasteiger partial charge is 0.395 e. The van der Waals surface area contributed by atoms with Crippen molar-refractivity contribution in [1.29, 1.82) is 0 Å². The van der Waals surface area contributed by atoms with Crippen molar-refractivity contribution in [3.8, 4) is 0 Å². The van der Waals surface area contributed by atoms with E-state index in [2.05, 4.69) is 9.98 Å². The Hall–Kier alpha value is -2.08. The second kappa shape index (κ2) is 5.50. The number of aliphatic imine (C=N–C) groups is 1. The molecule has 2 aromatic rings. The molecule has 1 heterocycles. The number of para-hydroxylation sites is 1. The summed E-state index contributed by atoms with van der Waals surface area (Å²) in [5.41, 5.74) is 4.68. The summed E-state index contributed by atoms with van der Waals surface area (Å²) < 4.78 is 36.6. The molecule has 3 nitrogen and oxygen atoms in total. The molecule has 104 valence electrons. The average Bonchev–Trinajstić information content (AvgIpc) is 2.37. The Balaban J connectivity index is 2.39. The Bertz CT molecular complexity index is 693. The third kappa shape index (κ3) is 3.27. The number of nitrogens with two attached hydrogens (primary N) is 1. The van der Waals surface area contributed by atoms with Gasteiger partial charge < -0.3 is 5.73 Å². The first kappa shape index (κ1) is 14.3. The van der Waals surface area contributed by atoms with Crippen LogP contribution in [0.1, 0.15) is 0 Å². The van der Waals surface area contributed by atoms with Gasteiger partial charge in [-0.1, -0.05) is 29.8 Å². The average molecular weight is 300 g/mol. The van der Waals surface area contributed by atoms with Gasteiger partial charge in [0.25, 0.3) is 0 Å². The SMILES string of the molecule is NC(=CC=Nc1cc(Cl)nc2ccccc12)C(F)(F)F. The van der Waals surface area contributed by atoms with Gasteiger partial charge in [-0.25, -0.2) is 4.98 Å². The highest BCUT2D eigenvalue weighted by molar-refractivity contribution is 6.30. The molecule has 1 aromatic heterocycles. The Morgan fingerprint density at radius 3 is 2.70 bits per heavy atom. The Morgan fingerprint density at radius 2 is 2.00 bits per heavy atom. The molecule has 2 rings (SSSR count). The minimum absolute atomic E-state index is 0.212. The lowest BCUT2D eigenvalue weighted by Crippen LogP contribution is -2.19. The molecule has 20 heavy (non-hydrogen) atoms. The molecule has 0 bridgehead atoms. The largest absolute Gasteiger partial charge is 0.430 e. The van der Waals surface area contributed by atoms with Crippen LogP contribution in [0.25, 0.3) is 10.9 Å². The molecule has 0 fully saturated rings. The van der Waals surface area contributed by atoms with E-state index in [0.29, 0.717) is 22.7 Å². The molecule has 1 aromatic carbocycles. The lowest BCUT2D eigenvalue weighted by Gasteiger charge is -2.04. The van der Waals surface area contributed by atoms with Crippen LogP contribution in [0.5, 0.6) is 0 Å². The van der Waals surface area contributed by atoms with Crippen molar-refractivity contribution >= 4 is 34.4 Å². The second-order valence-electron chi connectivity index (χ2n) is 3.88. The Morgan fingerprint density at radius 1 is 1.30 bits per heavy atom. The molecule has 0 radical (unpaired) electrons. The molecule has 0 aliphatic heterocycles. The number of hydrogen-bond donors (Lipinski definition) is 1. The Kier molecular flexibility index (Phi) is 3.94. The van der Waals surface area contributed by atoms with Crippen molar-refractivity contribution < 1.29 is 13.2 Å². The second-order valence-corrected chi connectivity index (χ2v) is 4.27. The van der Waals surface area contributed by atoms with Gasteiger partial charge in [0.1, 0.15) is 10.9 Å². The van der Waals surface area contributed by atoms with Crippen LogP contribution in [-0.4, -0.2) is 17.4 Å². The number of pyridine rings is 1. The number of allylic oxidation sites excluding steroid dienone is 2. The molecule has 7 heteroatoms. The summed E-state index contributed by atoms with van der Waals surface area (Å²) in [6.45, 7) is 0. The molecule has 0 spiro atoms. The highest BCUT2D eigenvalue weighted by atomic mass is 35.5. The number of nitrogens with zero attached hydrogens (tertiary/aromatic N) is 2. The van der Waals surface area contributed by atoms with Crippen molar-refractivity contribution in [3.63, 3.8) is 0 Å². The summed E-state index contributed by atoms with van der Waals surface area (Å²) >= 11 is 5.83. The van der Waals surface area contributed by atoms with Gasteiger partial charge in [-0.3, -0.25) is 4.99 Å². The molecule has 0 aliphatic rings. The standard InChI is InChI=1S/C13H9ClF3N3/c14-12-7-10(8-3-1-2-4-9(8)20-12)19-6-5-11(18)13(15,16)17/h1-7H,18H2. The maximum absolute atomic E-state index is 12.2. The van der Waals surface area contributed by atoms with E-state index in [1.807, 2.05) is 0 Å². The van der Waals surface area contributed by atoms with E-state index in [1.165, 1.54) is 6.07 Å². The van der Waals surface area contributed by atoms with Crippen LogP contribution >= 0.6 is 11.6 Å². The molecular weight excluding hydrogens is 291 g/mol. The van der Waals surface area contributed by atoms with Crippen molar-refractivity contribution in [2.45, 2.75) is 6.18 Å². The van der Waals surface area contributed by atoms with E-state index in [4.69, 9.17) is 17.3 Å². The van der Waals surface area contributed by atoms with Crippen LogP contribution in [-0.2, 0) is 0 Å². The minimum Gasteiger partial charge on any atom is -0.395 e. The third-order valence-corrected chi connectivity index (χ3v) is 2.65. The van der Waals surface area contributed by atoms with Crippen molar-refractivity contribution in [2.24, 2.45) is 10.7 Å². The molecule has 0 amide bonds. The molecule has 0 atom stereocenters.